The second-order valence-corrected chi connectivity index (χ2v) is 7.16. The lowest BCUT2D eigenvalue weighted by Crippen LogP contribution is -2.42. The summed E-state index contributed by atoms with van der Waals surface area (Å²) in [5, 5.41) is 18.1. The van der Waals surface area contributed by atoms with Crippen LogP contribution in [0.1, 0.15) is 23.3 Å². The van der Waals surface area contributed by atoms with E-state index in [1.807, 2.05) is 31.3 Å². The highest BCUT2D eigenvalue weighted by molar-refractivity contribution is 5.94. The van der Waals surface area contributed by atoms with Crippen LogP contribution in [0.25, 0.3) is 22.3 Å². The Morgan fingerprint density at radius 3 is 3.04 bits per heavy atom. The van der Waals surface area contributed by atoms with Gasteiger partial charge in [-0.15, -0.1) is 0 Å². The van der Waals surface area contributed by atoms with Crippen LogP contribution in [0.4, 0.5) is 0 Å². The molecule has 1 unspecified atom stereocenters. The first-order valence-corrected chi connectivity index (χ1v) is 9.41. The molecule has 7 nitrogen and oxygen atoms in total. The van der Waals surface area contributed by atoms with Crippen molar-refractivity contribution in [3.63, 3.8) is 0 Å². The van der Waals surface area contributed by atoms with Crippen molar-refractivity contribution in [3.8, 4) is 11.4 Å². The fourth-order valence-corrected chi connectivity index (χ4v) is 3.69. The van der Waals surface area contributed by atoms with Crippen molar-refractivity contribution in [3.05, 3.63) is 42.1 Å². The number of benzene rings is 1. The fraction of sp³-hybridized carbons (Fsp3) is 0.400. The van der Waals surface area contributed by atoms with E-state index in [4.69, 9.17) is 0 Å². The van der Waals surface area contributed by atoms with E-state index in [2.05, 4.69) is 32.4 Å². The number of hydrogen-bond donors (Lipinski definition) is 3. The van der Waals surface area contributed by atoms with Crippen molar-refractivity contribution in [1.29, 1.82) is 0 Å². The topological polar surface area (TPSA) is 86.2 Å². The largest absolute Gasteiger partial charge is 0.392 e. The lowest BCUT2D eigenvalue weighted by atomic mass is 10.1. The number of H-pyrrole nitrogens is 1. The van der Waals surface area contributed by atoms with Gasteiger partial charge in [-0.3, -0.25) is 14.4 Å². The van der Waals surface area contributed by atoms with Crippen LogP contribution in [-0.4, -0.2) is 63.0 Å². The number of fused-ring (bicyclic) bond motifs is 1. The molecule has 0 bridgehead atoms. The van der Waals surface area contributed by atoms with Gasteiger partial charge in [0.25, 0.3) is 5.91 Å². The van der Waals surface area contributed by atoms with Gasteiger partial charge in [-0.05, 0) is 37.6 Å². The minimum Gasteiger partial charge on any atom is -0.392 e. The quantitative estimate of drug-likeness (QED) is 0.641. The number of para-hydroxylation sites is 1. The number of piperidine rings is 1. The minimum absolute atomic E-state index is 0.175. The molecule has 0 aliphatic carbocycles. The molecule has 3 N–H and O–H groups in total. The molecule has 1 aliphatic rings. The number of carbonyl (C=O) groups excluding carboxylic acids is 1. The van der Waals surface area contributed by atoms with Gasteiger partial charge in [0.15, 0.2) is 5.69 Å². The normalized spacial score (nSPS) is 18.1. The number of nitrogens with zero attached hydrogens (tertiary/aromatic N) is 3. The van der Waals surface area contributed by atoms with Gasteiger partial charge >= 0.3 is 0 Å². The maximum absolute atomic E-state index is 12.5. The summed E-state index contributed by atoms with van der Waals surface area (Å²) < 4.78 is 1.72. The lowest BCUT2D eigenvalue weighted by Gasteiger charge is -2.29. The highest BCUT2D eigenvalue weighted by Crippen LogP contribution is 2.24. The summed E-state index contributed by atoms with van der Waals surface area (Å²) in [5.41, 5.74) is 3.27. The zero-order valence-corrected chi connectivity index (χ0v) is 15.5. The molecule has 1 amide bonds. The van der Waals surface area contributed by atoms with Gasteiger partial charge < -0.3 is 15.4 Å². The fourth-order valence-electron chi connectivity index (χ4n) is 3.69. The smallest absolute Gasteiger partial charge is 0.271 e. The molecule has 1 saturated heterocycles. The Hall–Kier alpha value is -2.64. The van der Waals surface area contributed by atoms with Gasteiger partial charge in [0.2, 0.25) is 0 Å². The summed E-state index contributed by atoms with van der Waals surface area (Å²) in [5.74, 6) is -0.175. The average Bonchev–Trinajstić information content (AvgIpc) is 3.25. The maximum atomic E-state index is 12.5. The second kappa shape index (κ2) is 7.54. The Kier molecular flexibility index (Phi) is 4.96. The summed E-state index contributed by atoms with van der Waals surface area (Å²) >= 11 is 0. The van der Waals surface area contributed by atoms with Gasteiger partial charge in [-0.2, -0.15) is 5.10 Å². The van der Waals surface area contributed by atoms with Gasteiger partial charge in [0, 0.05) is 37.6 Å². The number of aryl methyl sites for hydroxylation is 1. The Labute approximate surface area is 158 Å². The Bertz CT molecular complexity index is 912. The number of β-amino-alcohol motifs (C(OH)–C–C–N with tert-alkyl or cyclic N) is 1. The van der Waals surface area contributed by atoms with Gasteiger partial charge in [-0.1, -0.05) is 18.2 Å². The molecule has 1 aromatic carbocycles. The number of aromatic amines is 1. The zero-order chi connectivity index (χ0) is 18.8. The molecule has 7 heteroatoms. The standard InChI is InChI=1S/C20H25N5O2/c1-24-19(17-11-14-5-2-3-7-16(14)22-17)12-18(23-24)20(27)21-8-10-25-9-4-6-15(26)13-25/h2-3,5,7,11-12,15,22,26H,4,6,8-10,13H2,1H3,(H,21,27). The van der Waals surface area contributed by atoms with Crippen molar-refractivity contribution < 1.29 is 9.90 Å². The third-order valence-electron chi connectivity index (χ3n) is 5.11. The molecular formula is C20H25N5O2. The molecule has 0 saturated carbocycles. The van der Waals surface area contributed by atoms with Crippen LogP contribution in [0.15, 0.2) is 36.4 Å². The molecule has 142 valence electrons. The highest BCUT2D eigenvalue weighted by atomic mass is 16.3. The molecule has 1 aliphatic heterocycles. The number of likely N-dealkylation sites (tertiary alicyclic amines) is 1. The second-order valence-electron chi connectivity index (χ2n) is 7.16. The number of amides is 1. The van der Waals surface area contributed by atoms with Crippen LogP contribution < -0.4 is 5.32 Å². The molecule has 2 aromatic heterocycles. The van der Waals surface area contributed by atoms with E-state index in [9.17, 15) is 9.90 Å². The Balaban J connectivity index is 1.40. The number of nitrogens with one attached hydrogen (secondary N) is 2. The predicted octanol–water partition coefficient (Wildman–Crippen LogP) is 1.75. The van der Waals surface area contributed by atoms with E-state index in [1.54, 1.807) is 4.68 Å². The van der Waals surface area contributed by atoms with Crippen LogP contribution in [-0.2, 0) is 7.05 Å². The van der Waals surface area contributed by atoms with Gasteiger partial charge in [0.1, 0.15) is 0 Å². The van der Waals surface area contributed by atoms with E-state index < -0.39 is 0 Å². The van der Waals surface area contributed by atoms with Crippen LogP contribution in [0.3, 0.4) is 0 Å². The molecule has 0 radical (unpaired) electrons. The maximum Gasteiger partial charge on any atom is 0.271 e. The van der Waals surface area contributed by atoms with Crippen molar-refractivity contribution in [2.45, 2.75) is 18.9 Å². The average molecular weight is 367 g/mol. The SMILES string of the molecule is Cn1nc(C(=O)NCCN2CCCC(O)C2)cc1-c1cc2ccccc2[nH]1. The van der Waals surface area contributed by atoms with E-state index in [1.165, 1.54) is 0 Å². The van der Waals surface area contributed by atoms with Crippen LogP contribution in [0.2, 0.25) is 0 Å². The van der Waals surface area contributed by atoms with Gasteiger partial charge in [-0.25, -0.2) is 0 Å². The molecular weight excluding hydrogens is 342 g/mol. The monoisotopic (exact) mass is 367 g/mol. The van der Waals surface area contributed by atoms with Crippen LogP contribution in [0, 0.1) is 0 Å². The molecule has 0 spiro atoms. The minimum atomic E-state index is -0.246. The summed E-state index contributed by atoms with van der Waals surface area (Å²) in [6.07, 6.45) is 1.63. The number of aliphatic hydroxyl groups excluding tert-OH is 1. The highest BCUT2D eigenvalue weighted by Gasteiger charge is 2.18. The summed E-state index contributed by atoms with van der Waals surface area (Å²) in [6.45, 7) is 2.94. The molecule has 4 rings (SSSR count). The molecule has 27 heavy (non-hydrogen) atoms. The van der Waals surface area contributed by atoms with Crippen molar-refractivity contribution >= 4 is 16.8 Å². The van der Waals surface area contributed by atoms with Gasteiger partial charge in [0.05, 0.1) is 17.5 Å². The first-order chi connectivity index (χ1) is 13.1. The first kappa shape index (κ1) is 17.8. The van der Waals surface area contributed by atoms with E-state index in [0.29, 0.717) is 18.8 Å². The molecule has 1 atom stereocenters. The number of hydrogen-bond acceptors (Lipinski definition) is 4. The summed E-state index contributed by atoms with van der Waals surface area (Å²) in [7, 11) is 1.84. The summed E-state index contributed by atoms with van der Waals surface area (Å²) in [6, 6.07) is 12.0. The first-order valence-electron chi connectivity index (χ1n) is 9.41. The van der Waals surface area contributed by atoms with E-state index in [0.717, 1.165) is 48.2 Å². The number of carbonyl (C=O) groups is 1. The zero-order valence-electron chi connectivity index (χ0n) is 15.5. The lowest BCUT2D eigenvalue weighted by molar-refractivity contribution is 0.0702. The van der Waals surface area contributed by atoms with Crippen molar-refractivity contribution in [1.82, 2.24) is 25.0 Å². The predicted molar refractivity (Wildman–Crippen MR) is 105 cm³/mol. The number of aliphatic hydroxyl groups is 1. The number of aromatic nitrogens is 3. The van der Waals surface area contributed by atoms with Crippen molar-refractivity contribution in [2.75, 3.05) is 26.2 Å². The Morgan fingerprint density at radius 2 is 2.22 bits per heavy atom. The van der Waals surface area contributed by atoms with E-state index in [-0.39, 0.29) is 12.0 Å². The number of rotatable bonds is 5. The third-order valence-corrected chi connectivity index (χ3v) is 5.11. The molecule has 3 aromatic rings. The third kappa shape index (κ3) is 3.89. The van der Waals surface area contributed by atoms with Crippen LogP contribution in [0.5, 0.6) is 0 Å². The summed E-state index contributed by atoms with van der Waals surface area (Å²) in [4.78, 5) is 18.0. The van der Waals surface area contributed by atoms with E-state index >= 15 is 0 Å². The molecule has 3 heterocycles. The van der Waals surface area contributed by atoms with Crippen LogP contribution >= 0.6 is 0 Å². The Morgan fingerprint density at radius 1 is 1.37 bits per heavy atom. The van der Waals surface area contributed by atoms with Crippen molar-refractivity contribution in [2.24, 2.45) is 7.05 Å². The molecule has 1 fully saturated rings.